The Morgan fingerprint density at radius 1 is 0.963 bits per heavy atom. The van der Waals surface area contributed by atoms with E-state index in [1.807, 2.05) is 0 Å². The number of carbonyl (C=O) groups excluding carboxylic acids is 1. The van der Waals surface area contributed by atoms with Crippen LogP contribution >= 0.6 is 12.6 Å². The number of aliphatic carboxylic acids is 3. The summed E-state index contributed by atoms with van der Waals surface area (Å²) in [6.07, 6.45) is -0.924. The van der Waals surface area contributed by atoms with E-state index in [4.69, 9.17) is 15.3 Å². The predicted molar refractivity (Wildman–Crippen MR) is 90.3 cm³/mol. The highest BCUT2D eigenvalue weighted by Gasteiger charge is 2.29. The van der Waals surface area contributed by atoms with Crippen molar-refractivity contribution in [3.8, 4) is 6.07 Å². The number of hydrogen-bond acceptors (Lipinski definition) is 7. The molecule has 0 unspecified atom stereocenters. The van der Waals surface area contributed by atoms with Crippen molar-refractivity contribution in [2.45, 2.75) is 6.42 Å². The Bertz CT molecular complexity index is 872. The average Bonchev–Trinajstić information content (AvgIpc) is 2.51. The molecule has 0 saturated carbocycles. The largest absolute Gasteiger partial charge is 0.481 e. The lowest BCUT2D eigenvalue weighted by Gasteiger charge is -2.26. The molecule has 27 heavy (non-hydrogen) atoms. The average molecular weight is 396 g/mol. The third-order valence-electron chi connectivity index (χ3n) is 3.28. The number of carbonyl (C=O) groups is 5. The van der Waals surface area contributed by atoms with E-state index in [2.05, 4.69) is 12.6 Å². The van der Waals surface area contributed by atoms with Gasteiger partial charge in [0.15, 0.2) is 0 Å². The monoisotopic (exact) mass is 396 g/mol. The van der Waals surface area contributed by atoms with Crippen molar-refractivity contribution in [3.05, 3.63) is 28.3 Å². The lowest BCUT2D eigenvalue weighted by atomic mass is 9.93. The molecule has 0 aliphatic carbocycles. The number of nitrogens with zero attached hydrogens (tertiary/aromatic N) is 2. The smallest absolute Gasteiger partial charge is 0.336 e. The van der Waals surface area contributed by atoms with Crippen molar-refractivity contribution in [1.29, 1.82) is 5.26 Å². The minimum atomic E-state index is -1.63. The van der Waals surface area contributed by atoms with E-state index >= 15 is 0 Å². The van der Waals surface area contributed by atoms with Crippen LogP contribution in [0.5, 0.6) is 0 Å². The number of rotatable bonds is 9. The lowest BCUT2D eigenvalue weighted by molar-refractivity contribution is -0.137. The molecule has 0 aromatic heterocycles. The van der Waals surface area contributed by atoms with Gasteiger partial charge in [0.25, 0.3) is 0 Å². The first-order valence-electron chi connectivity index (χ1n) is 6.96. The van der Waals surface area contributed by atoms with E-state index in [-0.39, 0.29) is 0 Å². The second kappa shape index (κ2) is 8.68. The number of carboxylic acids is 4. The normalized spacial score (nSPS) is 9.93. The van der Waals surface area contributed by atoms with Crippen molar-refractivity contribution < 1.29 is 44.4 Å². The zero-order valence-corrected chi connectivity index (χ0v) is 14.3. The molecule has 0 aliphatic rings. The van der Waals surface area contributed by atoms with Gasteiger partial charge in [0.05, 0.1) is 28.8 Å². The number of thiol groups is 1. The van der Waals surface area contributed by atoms with Gasteiger partial charge in [-0.3, -0.25) is 19.2 Å². The molecule has 0 aliphatic heterocycles. The molecule has 0 bridgehead atoms. The van der Waals surface area contributed by atoms with Crippen LogP contribution in [0, 0.1) is 11.3 Å². The molecule has 0 spiro atoms. The Morgan fingerprint density at radius 2 is 1.48 bits per heavy atom. The van der Waals surface area contributed by atoms with Crippen LogP contribution in [0.15, 0.2) is 6.07 Å². The molecule has 12 heteroatoms. The molecule has 1 rings (SSSR count). The van der Waals surface area contributed by atoms with E-state index in [1.54, 1.807) is 6.07 Å². The summed E-state index contributed by atoms with van der Waals surface area (Å²) in [6.45, 7) is -1.90. The van der Waals surface area contributed by atoms with Gasteiger partial charge in [0, 0.05) is 0 Å². The maximum absolute atomic E-state index is 11.8. The molecule has 0 amide bonds. The molecule has 0 radical (unpaired) electrons. The van der Waals surface area contributed by atoms with Crippen molar-refractivity contribution in [3.63, 3.8) is 0 Å². The molecule has 1 aromatic rings. The third-order valence-corrected chi connectivity index (χ3v) is 3.52. The number of anilines is 1. The topological polar surface area (TPSA) is 193 Å². The first-order chi connectivity index (χ1) is 12.5. The van der Waals surface area contributed by atoms with Crippen LogP contribution in [0.4, 0.5) is 5.69 Å². The summed E-state index contributed by atoms with van der Waals surface area (Å²) in [5, 5.41) is 44.7. The summed E-state index contributed by atoms with van der Waals surface area (Å²) in [5.74, 6) is -6.12. The van der Waals surface area contributed by atoms with Crippen LogP contribution in [0.1, 0.15) is 31.8 Å². The maximum atomic E-state index is 11.8. The molecule has 11 nitrogen and oxygen atoms in total. The molecule has 142 valence electrons. The van der Waals surface area contributed by atoms with Gasteiger partial charge < -0.3 is 25.3 Å². The van der Waals surface area contributed by atoms with Gasteiger partial charge in [-0.2, -0.15) is 5.26 Å². The summed E-state index contributed by atoms with van der Waals surface area (Å²) in [5.41, 5.74) is -2.84. The van der Waals surface area contributed by atoms with Crippen LogP contribution in [0.2, 0.25) is 0 Å². The number of benzene rings is 1. The SMILES string of the molecule is N#Cc1c(CC(=O)O)c(C(=O)O)cc(C(=O)S)c1N(CC(=O)O)CC(=O)O. The highest BCUT2D eigenvalue weighted by atomic mass is 32.1. The van der Waals surface area contributed by atoms with Crippen molar-refractivity contribution in [2.75, 3.05) is 18.0 Å². The second-order valence-corrected chi connectivity index (χ2v) is 5.52. The van der Waals surface area contributed by atoms with Crippen molar-refractivity contribution in [2.24, 2.45) is 0 Å². The summed E-state index contributed by atoms with van der Waals surface area (Å²) in [4.78, 5) is 57.2. The summed E-state index contributed by atoms with van der Waals surface area (Å²) < 4.78 is 0. The molecule has 0 heterocycles. The third kappa shape index (κ3) is 5.19. The van der Waals surface area contributed by atoms with Crippen LogP contribution < -0.4 is 4.90 Å². The highest BCUT2D eigenvalue weighted by molar-refractivity contribution is 7.97. The van der Waals surface area contributed by atoms with Crippen molar-refractivity contribution >= 4 is 47.3 Å². The maximum Gasteiger partial charge on any atom is 0.336 e. The molecule has 0 saturated heterocycles. The standard InChI is InChI=1S/C15H12N2O9S/c16-3-9-6(2-10(18)19)7(14(24)25)1-8(15(26)27)13(9)17(4-11(20)21)5-12(22)23/h1H,2,4-5H2,(H,18,19)(H,20,21)(H,22,23)(H,24,25)(H,26,27). The number of carboxylic acid groups (broad SMARTS) is 4. The molecule has 1 aromatic carbocycles. The number of nitriles is 1. The number of hydrogen-bond donors (Lipinski definition) is 5. The minimum Gasteiger partial charge on any atom is -0.481 e. The summed E-state index contributed by atoms with van der Waals surface area (Å²) in [7, 11) is 0. The zero-order chi connectivity index (χ0) is 20.9. The van der Waals surface area contributed by atoms with Crippen LogP contribution in [0.3, 0.4) is 0 Å². The Morgan fingerprint density at radius 3 is 1.81 bits per heavy atom. The van der Waals surface area contributed by atoms with Gasteiger partial charge in [0.1, 0.15) is 19.2 Å². The van der Waals surface area contributed by atoms with E-state index in [9.17, 15) is 34.3 Å². The first kappa shape index (κ1) is 21.5. The van der Waals surface area contributed by atoms with Gasteiger partial charge in [-0.25, -0.2) is 4.79 Å². The van der Waals surface area contributed by atoms with Gasteiger partial charge in [-0.05, 0) is 11.6 Å². The van der Waals surface area contributed by atoms with E-state index in [0.717, 1.165) is 6.07 Å². The zero-order valence-electron chi connectivity index (χ0n) is 13.4. The van der Waals surface area contributed by atoms with Gasteiger partial charge in [-0.1, -0.05) is 0 Å². The molecular formula is C15H12N2O9S. The van der Waals surface area contributed by atoms with Gasteiger partial charge >= 0.3 is 23.9 Å². The van der Waals surface area contributed by atoms with Gasteiger partial charge in [0.2, 0.25) is 5.12 Å². The van der Waals surface area contributed by atoms with E-state index in [1.165, 1.54) is 0 Å². The van der Waals surface area contributed by atoms with Gasteiger partial charge in [-0.15, -0.1) is 12.6 Å². The van der Waals surface area contributed by atoms with Crippen LogP contribution in [-0.4, -0.2) is 62.5 Å². The first-order valence-corrected chi connectivity index (χ1v) is 7.41. The fraction of sp³-hybridized carbons (Fsp3) is 0.200. The molecular weight excluding hydrogens is 384 g/mol. The predicted octanol–water partition coefficient (Wildman–Crippen LogP) is -0.0708. The molecule has 0 atom stereocenters. The quantitative estimate of drug-likeness (QED) is 0.351. The molecule has 4 N–H and O–H groups in total. The fourth-order valence-corrected chi connectivity index (χ4v) is 2.56. The van der Waals surface area contributed by atoms with Crippen LogP contribution in [0.25, 0.3) is 0 Å². The lowest BCUT2D eigenvalue weighted by Crippen LogP contribution is -2.36. The minimum absolute atomic E-state index is 0.494. The second-order valence-electron chi connectivity index (χ2n) is 5.11. The summed E-state index contributed by atoms with van der Waals surface area (Å²) >= 11 is 3.56. The van der Waals surface area contributed by atoms with E-state index in [0.29, 0.717) is 4.90 Å². The Labute approximate surface area is 156 Å². The van der Waals surface area contributed by atoms with E-state index < -0.39 is 76.4 Å². The Hall–Kier alpha value is -3.59. The fourth-order valence-electron chi connectivity index (χ4n) is 2.39. The number of aromatic carboxylic acids is 1. The van der Waals surface area contributed by atoms with Crippen LogP contribution in [-0.2, 0) is 20.8 Å². The Balaban J connectivity index is 3.97. The molecule has 0 fully saturated rings. The Kier molecular flexibility index (Phi) is 6.89. The summed E-state index contributed by atoms with van der Waals surface area (Å²) in [6, 6.07) is 2.29. The van der Waals surface area contributed by atoms with Crippen molar-refractivity contribution in [1.82, 2.24) is 0 Å². The highest BCUT2D eigenvalue weighted by Crippen LogP contribution is 2.33.